The molecule has 0 atom stereocenters. The Morgan fingerprint density at radius 2 is 0.568 bits per heavy atom. The molecule has 0 aromatic heterocycles. The first kappa shape index (κ1) is 23.2. The molecule has 37 heavy (non-hydrogen) atoms. The van der Waals surface area contributed by atoms with Gasteiger partial charge in [0.05, 0.1) is 0 Å². The normalized spacial score (nSPS) is 10.8. The molecule has 6 aromatic rings. The van der Waals surface area contributed by atoms with Crippen LogP contribution in [-0.2, 0) is 0 Å². The van der Waals surface area contributed by atoms with Crippen molar-refractivity contribution in [2.24, 2.45) is 0 Å². The Hall–Kier alpha value is -4.20. The van der Waals surface area contributed by atoms with Gasteiger partial charge < -0.3 is 0 Å². The molecule has 0 aliphatic heterocycles. The van der Waals surface area contributed by atoms with Crippen LogP contribution in [-0.4, -0.2) is 0 Å². The van der Waals surface area contributed by atoms with Crippen LogP contribution in [0.5, 0.6) is 0 Å². The van der Waals surface area contributed by atoms with E-state index in [4.69, 9.17) is 0 Å². The third-order valence-electron chi connectivity index (χ3n) is 6.72. The van der Waals surface area contributed by atoms with E-state index in [0.29, 0.717) is 0 Å². The second kappa shape index (κ2) is 10.4. The summed E-state index contributed by atoms with van der Waals surface area (Å²) in [5, 5.41) is 0. The zero-order valence-corrected chi connectivity index (χ0v) is 21.9. The molecule has 0 N–H and O–H groups in total. The highest BCUT2D eigenvalue weighted by atomic mass is 79.9. The number of benzene rings is 6. The molecular formula is C36H25Br. The highest BCUT2D eigenvalue weighted by Crippen LogP contribution is 2.35. The Morgan fingerprint density at radius 3 is 1.05 bits per heavy atom. The van der Waals surface area contributed by atoms with Crippen LogP contribution in [0.2, 0.25) is 0 Å². The molecule has 0 amide bonds. The van der Waals surface area contributed by atoms with Gasteiger partial charge >= 0.3 is 0 Å². The standard InChI is InChI=1S/C36H25Br/c37-36-16-8-15-32(25-36)29-19-17-28(18-20-29)30-13-7-14-31(21-30)35-23-33(26-9-3-1-4-10-26)22-34(24-35)27-11-5-2-6-12-27/h1-25H. The molecule has 0 heterocycles. The van der Waals surface area contributed by atoms with E-state index in [0.717, 1.165) is 4.47 Å². The summed E-state index contributed by atoms with van der Waals surface area (Å²) in [5.41, 5.74) is 12.2. The SMILES string of the molecule is Brc1cccc(-c2ccc(-c3cccc(-c4cc(-c5ccccc5)cc(-c5ccccc5)c4)c3)cc2)c1. The van der Waals surface area contributed by atoms with Crippen molar-refractivity contribution in [3.8, 4) is 55.6 Å². The van der Waals surface area contributed by atoms with Gasteiger partial charge in [-0.15, -0.1) is 0 Å². The maximum absolute atomic E-state index is 3.58. The number of halogens is 1. The summed E-state index contributed by atoms with van der Waals surface area (Å²) >= 11 is 3.58. The summed E-state index contributed by atoms with van der Waals surface area (Å²) in [4.78, 5) is 0. The Balaban J connectivity index is 1.40. The summed E-state index contributed by atoms with van der Waals surface area (Å²) in [5.74, 6) is 0. The van der Waals surface area contributed by atoms with Gasteiger partial charge in [-0.1, -0.05) is 131 Å². The Kier molecular flexibility index (Phi) is 6.54. The predicted molar refractivity (Wildman–Crippen MR) is 161 cm³/mol. The Bertz CT molecular complexity index is 1590. The van der Waals surface area contributed by atoms with Crippen molar-refractivity contribution in [1.82, 2.24) is 0 Å². The van der Waals surface area contributed by atoms with Gasteiger partial charge in [-0.25, -0.2) is 0 Å². The Labute approximate surface area is 227 Å². The van der Waals surface area contributed by atoms with E-state index < -0.39 is 0 Å². The number of rotatable bonds is 5. The van der Waals surface area contributed by atoms with Gasteiger partial charge in [-0.3, -0.25) is 0 Å². The van der Waals surface area contributed by atoms with E-state index in [2.05, 4.69) is 168 Å². The minimum absolute atomic E-state index is 1.09. The van der Waals surface area contributed by atoms with Gasteiger partial charge in [0.25, 0.3) is 0 Å². The number of hydrogen-bond donors (Lipinski definition) is 0. The predicted octanol–water partition coefficient (Wildman–Crippen LogP) is 10.8. The molecule has 0 unspecified atom stereocenters. The first-order chi connectivity index (χ1) is 18.2. The summed E-state index contributed by atoms with van der Waals surface area (Å²) in [7, 11) is 0. The van der Waals surface area contributed by atoms with Crippen LogP contribution < -0.4 is 0 Å². The topological polar surface area (TPSA) is 0 Å². The van der Waals surface area contributed by atoms with Gasteiger partial charge in [0.1, 0.15) is 0 Å². The average Bonchev–Trinajstić information content (AvgIpc) is 2.98. The Morgan fingerprint density at radius 1 is 0.243 bits per heavy atom. The van der Waals surface area contributed by atoms with E-state index in [-0.39, 0.29) is 0 Å². The van der Waals surface area contributed by atoms with E-state index in [1.54, 1.807) is 0 Å². The third kappa shape index (κ3) is 5.18. The molecule has 6 rings (SSSR count). The summed E-state index contributed by atoms with van der Waals surface area (Å²) in [6, 6.07) is 54.2. The van der Waals surface area contributed by atoms with Crippen LogP contribution in [0.1, 0.15) is 0 Å². The van der Waals surface area contributed by atoms with Gasteiger partial charge in [0.2, 0.25) is 0 Å². The maximum atomic E-state index is 3.58. The molecular weight excluding hydrogens is 512 g/mol. The molecule has 0 saturated heterocycles. The monoisotopic (exact) mass is 536 g/mol. The van der Waals surface area contributed by atoms with Crippen molar-refractivity contribution in [3.63, 3.8) is 0 Å². The van der Waals surface area contributed by atoms with Crippen LogP contribution >= 0.6 is 15.9 Å². The smallest absolute Gasteiger partial charge is 0.0181 e. The van der Waals surface area contributed by atoms with Gasteiger partial charge in [-0.05, 0) is 92.0 Å². The van der Waals surface area contributed by atoms with Crippen molar-refractivity contribution >= 4 is 15.9 Å². The average molecular weight is 538 g/mol. The third-order valence-corrected chi connectivity index (χ3v) is 7.21. The highest BCUT2D eigenvalue weighted by molar-refractivity contribution is 9.10. The zero-order chi connectivity index (χ0) is 25.0. The van der Waals surface area contributed by atoms with Crippen LogP contribution in [0, 0.1) is 0 Å². The molecule has 6 aromatic carbocycles. The van der Waals surface area contributed by atoms with Crippen LogP contribution in [0.3, 0.4) is 0 Å². The molecule has 1 heteroatoms. The molecule has 0 aliphatic carbocycles. The fourth-order valence-corrected chi connectivity index (χ4v) is 5.19. The fraction of sp³-hybridized carbons (Fsp3) is 0. The second-order valence-corrected chi connectivity index (χ2v) is 10.1. The minimum Gasteiger partial charge on any atom is -0.0622 e. The van der Waals surface area contributed by atoms with E-state index in [1.807, 2.05) is 0 Å². The van der Waals surface area contributed by atoms with E-state index in [1.165, 1.54) is 55.6 Å². The van der Waals surface area contributed by atoms with Crippen molar-refractivity contribution in [2.45, 2.75) is 0 Å². The van der Waals surface area contributed by atoms with Crippen molar-refractivity contribution < 1.29 is 0 Å². The first-order valence-corrected chi connectivity index (χ1v) is 13.2. The lowest BCUT2D eigenvalue weighted by Gasteiger charge is -2.12. The highest BCUT2D eigenvalue weighted by Gasteiger charge is 2.09. The van der Waals surface area contributed by atoms with Crippen molar-refractivity contribution in [2.75, 3.05) is 0 Å². The lowest BCUT2D eigenvalue weighted by Crippen LogP contribution is -1.87. The summed E-state index contributed by atoms with van der Waals surface area (Å²) < 4.78 is 1.09. The fourth-order valence-electron chi connectivity index (χ4n) is 4.79. The molecule has 176 valence electrons. The molecule has 0 bridgehead atoms. The summed E-state index contributed by atoms with van der Waals surface area (Å²) in [6.07, 6.45) is 0. The lowest BCUT2D eigenvalue weighted by atomic mass is 9.92. The molecule has 0 spiro atoms. The zero-order valence-electron chi connectivity index (χ0n) is 20.3. The van der Waals surface area contributed by atoms with Gasteiger partial charge in [0, 0.05) is 4.47 Å². The van der Waals surface area contributed by atoms with Gasteiger partial charge in [-0.2, -0.15) is 0 Å². The van der Waals surface area contributed by atoms with Crippen molar-refractivity contribution in [3.05, 3.63) is 156 Å². The van der Waals surface area contributed by atoms with Crippen LogP contribution in [0.25, 0.3) is 55.6 Å². The molecule has 0 saturated carbocycles. The molecule has 0 radical (unpaired) electrons. The van der Waals surface area contributed by atoms with Crippen molar-refractivity contribution in [1.29, 1.82) is 0 Å². The first-order valence-electron chi connectivity index (χ1n) is 12.5. The quantitative estimate of drug-likeness (QED) is 0.205. The maximum Gasteiger partial charge on any atom is 0.0181 e. The minimum atomic E-state index is 1.09. The van der Waals surface area contributed by atoms with Crippen LogP contribution in [0.4, 0.5) is 0 Å². The number of hydrogen-bond acceptors (Lipinski definition) is 0. The van der Waals surface area contributed by atoms with E-state index >= 15 is 0 Å². The molecule has 0 fully saturated rings. The molecule has 0 aliphatic rings. The van der Waals surface area contributed by atoms with Crippen LogP contribution in [0.15, 0.2) is 156 Å². The summed E-state index contributed by atoms with van der Waals surface area (Å²) in [6.45, 7) is 0. The van der Waals surface area contributed by atoms with Gasteiger partial charge in [0.15, 0.2) is 0 Å². The van der Waals surface area contributed by atoms with E-state index in [9.17, 15) is 0 Å². The largest absolute Gasteiger partial charge is 0.0622 e. The lowest BCUT2D eigenvalue weighted by molar-refractivity contribution is 1.55. The molecule has 0 nitrogen and oxygen atoms in total. The second-order valence-electron chi connectivity index (χ2n) is 9.20.